The van der Waals surface area contributed by atoms with E-state index in [1.54, 1.807) is 0 Å². The Balaban J connectivity index is 0.000000743. The Morgan fingerprint density at radius 3 is 1.45 bits per heavy atom. The minimum atomic E-state index is -7.62. The third-order valence-corrected chi connectivity index (χ3v) is 6.69. The molecule has 0 atom stereocenters. The maximum Gasteiger partial charge on any atom is 0.467 e. The normalized spacial score (nSPS) is 14.2. The summed E-state index contributed by atoms with van der Waals surface area (Å²) in [5.41, 5.74) is 0. The fourth-order valence-electron chi connectivity index (χ4n) is 1.59. The average Bonchev–Trinajstić information content (AvgIpc) is 2.84. The van der Waals surface area contributed by atoms with Crippen molar-refractivity contribution in [3.63, 3.8) is 0 Å². The number of aromatic nitrogens is 2. The van der Waals surface area contributed by atoms with Crippen LogP contribution in [0.1, 0.15) is 19.2 Å². The van der Waals surface area contributed by atoms with E-state index >= 15 is 0 Å². The van der Waals surface area contributed by atoms with Crippen molar-refractivity contribution in [2.24, 2.45) is 7.05 Å². The van der Waals surface area contributed by atoms with Gasteiger partial charge in [-0.2, -0.15) is 43.9 Å². The molecule has 0 bridgehead atoms. The van der Waals surface area contributed by atoms with Gasteiger partial charge in [0.25, 0.3) is 5.82 Å². The molecule has 0 radical (unpaired) electrons. The van der Waals surface area contributed by atoms with Crippen LogP contribution in [0.2, 0.25) is 0 Å². The van der Waals surface area contributed by atoms with Crippen molar-refractivity contribution >= 4 is 20.0 Å². The first-order valence-corrected chi connectivity index (χ1v) is 10.5. The van der Waals surface area contributed by atoms with E-state index in [2.05, 4.69) is 42.4 Å². The third kappa shape index (κ3) is 6.21. The van der Waals surface area contributed by atoms with Crippen molar-refractivity contribution in [2.45, 2.75) is 49.7 Å². The van der Waals surface area contributed by atoms with Crippen molar-refractivity contribution in [1.82, 2.24) is 4.57 Å². The summed E-state index contributed by atoms with van der Waals surface area (Å²) >= 11 is 0. The van der Waals surface area contributed by atoms with Gasteiger partial charge in [-0.3, -0.25) is 0 Å². The van der Waals surface area contributed by atoms with Crippen LogP contribution in [-0.4, -0.2) is 44.3 Å². The van der Waals surface area contributed by atoms with Crippen molar-refractivity contribution in [2.75, 3.05) is 0 Å². The molecule has 31 heavy (non-hydrogen) atoms. The summed E-state index contributed by atoms with van der Waals surface area (Å²) in [6.45, 7) is 5.46. The molecule has 1 rings (SSSR count). The fourth-order valence-corrected chi connectivity index (χ4v) is 3.96. The molecule has 0 aliphatic carbocycles. The Morgan fingerprint density at radius 1 is 0.871 bits per heavy atom. The average molecular weight is 519 g/mol. The van der Waals surface area contributed by atoms with E-state index in [9.17, 15) is 60.7 Å². The number of halogens is 10. The molecule has 0 unspecified atom stereocenters. The van der Waals surface area contributed by atoms with Gasteiger partial charge in [-0.25, -0.2) is 26.0 Å². The van der Waals surface area contributed by atoms with Crippen LogP contribution >= 0.6 is 0 Å². The zero-order valence-corrected chi connectivity index (χ0v) is 17.3. The highest BCUT2D eigenvalue weighted by Gasteiger charge is 2.68. The number of rotatable bonds is 6. The lowest BCUT2D eigenvalue weighted by Crippen LogP contribution is -2.48. The quantitative estimate of drug-likeness (QED) is 0.426. The number of alkyl halides is 10. The molecular formula is C12H15F10N3O4S2. The van der Waals surface area contributed by atoms with Crippen LogP contribution in [0.3, 0.4) is 0 Å². The van der Waals surface area contributed by atoms with Crippen LogP contribution in [0.4, 0.5) is 43.9 Å². The van der Waals surface area contributed by atoms with Crippen molar-refractivity contribution in [3.05, 3.63) is 22.3 Å². The molecule has 0 saturated heterocycles. The minimum absolute atomic E-state index is 0.422. The van der Waals surface area contributed by atoms with E-state index in [0.29, 0.717) is 4.13 Å². The molecule has 0 N–H and O–H groups in total. The smallest absolute Gasteiger partial charge is 0.425 e. The molecule has 0 saturated carbocycles. The molecule has 1 aromatic rings. The van der Waals surface area contributed by atoms with Crippen LogP contribution in [-0.2, 0) is 33.6 Å². The maximum atomic E-state index is 12.3. The molecule has 0 fully saturated rings. The van der Waals surface area contributed by atoms with Gasteiger partial charge < -0.3 is 4.13 Å². The lowest BCUT2D eigenvalue weighted by molar-refractivity contribution is -0.677. The van der Waals surface area contributed by atoms with Gasteiger partial charge in [0.2, 0.25) is 0 Å². The predicted octanol–water partition coefficient (Wildman–Crippen LogP) is 3.36. The Kier molecular flexibility index (Phi) is 8.61. The molecule has 0 amide bonds. The van der Waals surface area contributed by atoms with Crippen LogP contribution in [0.25, 0.3) is 4.13 Å². The first-order valence-electron chi connectivity index (χ1n) is 7.60. The van der Waals surface area contributed by atoms with Crippen LogP contribution in [0, 0.1) is 6.92 Å². The second-order valence-electron chi connectivity index (χ2n) is 5.70. The Labute approximate surface area is 169 Å². The van der Waals surface area contributed by atoms with E-state index in [4.69, 9.17) is 0 Å². The summed E-state index contributed by atoms with van der Waals surface area (Å²) in [6, 6.07) is 0. The third-order valence-electron chi connectivity index (χ3n) is 3.37. The zero-order chi connectivity index (χ0) is 25.3. The van der Waals surface area contributed by atoms with Gasteiger partial charge in [-0.15, -0.1) is 0 Å². The Morgan fingerprint density at radius 2 is 1.23 bits per heavy atom. The molecule has 0 aliphatic rings. The van der Waals surface area contributed by atoms with Crippen LogP contribution in [0.5, 0.6) is 0 Å². The zero-order valence-electron chi connectivity index (χ0n) is 15.6. The highest BCUT2D eigenvalue weighted by molar-refractivity contribution is 8.13. The fraction of sp³-hybridized carbons (Fsp3) is 0.750. The molecule has 1 heterocycles. The van der Waals surface area contributed by atoms with Crippen LogP contribution < -0.4 is 4.57 Å². The monoisotopic (exact) mass is 519 g/mol. The summed E-state index contributed by atoms with van der Waals surface area (Å²) in [7, 11) is -13.2. The Hall–Kier alpha value is -1.63. The van der Waals surface area contributed by atoms with E-state index in [-0.39, 0.29) is 0 Å². The predicted molar refractivity (Wildman–Crippen MR) is 83.8 cm³/mol. The largest absolute Gasteiger partial charge is 0.467 e. The van der Waals surface area contributed by atoms with Gasteiger partial charge in [0, 0.05) is 6.92 Å². The molecule has 1 aromatic heterocycles. The summed E-state index contributed by atoms with van der Waals surface area (Å²) in [5.74, 6) is 1.32. The summed E-state index contributed by atoms with van der Waals surface area (Å²) in [5, 5.41) is -14.0. The second-order valence-corrected chi connectivity index (χ2v) is 9.23. The number of hydrogen-bond acceptors (Lipinski definition) is 4. The number of imidazole rings is 1. The van der Waals surface area contributed by atoms with Crippen molar-refractivity contribution in [3.8, 4) is 0 Å². The molecule has 19 heteroatoms. The summed E-state index contributed by atoms with van der Waals surface area (Å²) < 4.78 is 165. The van der Waals surface area contributed by atoms with Gasteiger partial charge in [0.05, 0.1) is 13.6 Å². The van der Waals surface area contributed by atoms with E-state index < -0.39 is 42.9 Å². The number of nitrogens with zero attached hydrogens (tertiary/aromatic N) is 3. The van der Waals surface area contributed by atoms with Crippen LogP contribution in [0.15, 0.2) is 12.4 Å². The molecule has 0 aromatic carbocycles. The number of aryl methyl sites for hydroxylation is 2. The lowest BCUT2D eigenvalue weighted by Gasteiger charge is -2.31. The van der Waals surface area contributed by atoms with Gasteiger partial charge >= 0.3 is 22.9 Å². The van der Waals surface area contributed by atoms with E-state index in [1.807, 2.05) is 0 Å². The van der Waals surface area contributed by atoms with Crippen molar-refractivity contribution < 1.29 is 65.3 Å². The van der Waals surface area contributed by atoms with E-state index in [0.717, 1.165) is 6.54 Å². The number of hydrogen-bond donors (Lipinski definition) is 0. The highest BCUT2D eigenvalue weighted by atomic mass is 32.3. The van der Waals surface area contributed by atoms with Gasteiger partial charge in [0.15, 0.2) is 20.0 Å². The Bertz CT molecular complexity index is 912. The standard InChI is InChI=1S/C8H15N2.C4F10NO4S2/c1-4-5-10-7-6-9(3)8(10)2;5-1(6,7)3(11,12)20(16,17)15-21(18,19)4(13,14)2(8,9)10/h6-7H,4-5H2,1-3H3;/q+1;-1. The lowest BCUT2D eigenvalue weighted by atomic mass is 10.5. The molecule has 7 nitrogen and oxygen atoms in total. The molecular weight excluding hydrogens is 504 g/mol. The summed E-state index contributed by atoms with van der Waals surface area (Å²) in [4.78, 5) is 0. The van der Waals surface area contributed by atoms with Crippen molar-refractivity contribution in [1.29, 1.82) is 0 Å². The highest BCUT2D eigenvalue weighted by Crippen LogP contribution is 2.47. The van der Waals surface area contributed by atoms with Gasteiger partial charge in [-0.1, -0.05) is 6.92 Å². The maximum absolute atomic E-state index is 12.3. The second kappa shape index (κ2) is 9.08. The molecule has 184 valence electrons. The van der Waals surface area contributed by atoms with E-state index in [1.165, 1.54) is 12.2 Å². The number of sulfonamides is 2. The molecule has 0 aliphatic heterocycles. The SMILES string of the molecule is CCCn1cc[n+](C)c1C.O=S(=O)([N-]S(=O)(=O)C(F)(F)C(F)(F)F)C(F)(F)C(F)(F)F. The topological polar surface area (TPSA) is 91.2 Å². The first kappa shape index (κ1) is 29.4. The van der Waals surface area contributed by atoms with Gasteiger partial charge in [0.1, 0.15) is 12.4 Å². The first-order chi connectivity index (χ1) is 13.5. The van der Waals surface area contributed by atoms with Gasteiger partial charge in [-0.05, 0) is 6.42 Å². The molecule has 0 spiro atoms. The minimum Gasteiger partial charge on any atom is -0.425 e. The summed E-state index contributed by atoms with van der Waals surface area (Å²) in [6.07, 6.45) is -8.59.